The largest absolute Gasteiger partial charge is 0.389 e. The Hall–Kier alpha value is -0.510. The summed E-state index contributed by atoms with van der Waals surface area (Å²) < 4.78 is 36.2. The third-order valence-corrected chi connectivity index (χ3v) is 2.42. The molecule has 1 unspecified atom stereocenters. The summed E-state index contributed by atoms with van der Waals surface area (Å²) in [6.45, 7) is 6.40. The van der Waals surface area contributed by atoms with Gasteiger partial charge in [0.25, 0.3) is 0 Å². The zero-order chi connectivity index (χ0) is 12.4. The minimum atomic E-state index is -4.04. The summed E-state index contributed by atoms with van der Waals surface area (Å²) in [4.78, 5) is 0. The zero-order valence-corrected chi connectivity index (χ0v) is 9.95. The lowest BCUT2D eigenvalue weighted by atomic mass is 10.0. The summed E-state index contributed by atoms with van der Waals surface area (Å²) in [5, 5.41) is 3.17. The van der Waals surface area contributed by atoms with Crippen molar-refractivity contribution in [1.29, 1.82) is 0 Å². The van der Waals surface area contributed by atoms with Crippen molar-refractivity contribution in [3.05, 3.63) is 12.7 Å². The van der Waals surface area contributed by atoms with E-state index in [1.807, 2.05) is 6.92 Å². The molecule has 0 aromatic heterocycles. The zero-order valence-electron chi connectivity index (χ0n) is 9.95. The fraction of sp³-hybridized carbons (Fsp3) is 0.833. The molecule has 0 aliphatic carbocycles. The fourth-order valence-corrected chi connectivity index (χ4v) is 1.54. The first-order chi connectivity index (χ1) is 7.49. The van der Waals surface area contributed by atoms with Crippen LogP contribution in [0.25, 0.3) is 0 Å². The van der Waals surface area contributed by atoms with Crippen LogP contribution in [0.2, 0.25) is 0 Å². The van der Waals surface area contributed by atoms with Gasteiger partial charge in [0.2, 0.25) is 0 Å². The van der Waals surface area contributed by atoms with Gasteiger partial charge in [-0.3, -0.25) is 0 Å². The van der Waals surface area contributed by atoms with Crippen LogP contribution in [0.1, 0.15) is 45.4 Å². The molecule has 0 radical (unpaired) electrons. The Kier molecular flexibility index (Phi) is 8.35. The summed E-state index contributed by atoms with van der Waals surface area (Å²) >= 11 is 0. The standard InChI is InChI=1S/C12H22F3N/c1-3-5-6-7-11(16-10-4-2)8-9-12(13,14)15/h3,11,16H,1,4-10H2,2H3. The lowest BCUT2D eigenvalue weighted by Gasteiger charge is -2.19. The van der Waals surface area contributed by atoms with Gasteiger partial charge in [0.15, 0.2) is 0 Å². The molecular weight excluding hydrogens is 215 g/mol. The molecule has 0 saturated carbocycles. The topological polar surface area (TPSA) is 12.0 Å². The maximum atomic E-state index is 12.1. The summed E-state index contributed by atoms with van der Waals surface area (Å²) in [6.07, 6.45) is 0.777. The number of unbranched alkanes of at least 4 members (excludes halogenated alkanes) is 1. The number of hydrogen-bond acceptors (Lipinski definition) is 1. The Morgan fingerprint density at radius 2 is 2.00 bits per heavy atom. The molecule has 4 heteroatoms. The maximum Gasteiger partial charge on any atom is 0.389 e. The Morgan fingerprint density at radius 3 is 2.50 bits per heavy atom. The summed E-state index contributed by atoms with van der Waals surface area (Å²) in [7, 11) is 0. The van der Waals surface area contributed by atoms with Crippen LogP contribution in [0.3, 0.4) is 0 Å². The lowest BCUT2D eigenvalue weighted by Crippen LogP contribution is -2.31. The highest BCUT2D eigenvalue weighted by molar-refractivity contribution is 4.72. The normalized spacial score (nSPS) is 13.8. The van der Waals surface area contributed by atoms with Gasteiger partial charge in [0, 0.05) is 12.5 Å². The molecule has 0 rings (SSSR count). The van der Waals surface area contributed by atoms with Gasteiger partial charge in [-0.15, -0.1) is 6.58 Å². The number of rotatable bonds is 9. The molecule has 0 spiro atoms. The van der Waals surface area contributed by atoms with Crippen molar-refractivity contribution in [2.24, 2.45) is 0 Å². The number of halogens is 3. The molecule has 1 N–H and O–H groups in total. The molecule has 16 heavy (non-hydrogen) atoms. The number of alkyl halides is 3. The Bertz CT molecular complexity index is 178. The molecule has 0 aliphatic heterocycles. The van der Waals surface area contributed by atoms with Crippen molar-refractivity contribution < 1.29 is 13.2 Å². The molecule has 96 valence electrons. The Balaban J connectivity index is 3.84. The Morgan fingerprint density at radius 1 is 1.31 bits per heavy atom. The summed E-state index contributed by atoms with van der Waals surface area (Å²) in [5.41, 5.74) is 0. The maximum absolute atomic E-state index is 12.1. The average Bonchev–Trinajstić information content (AvgIpc) is 2.20. The van der Waals surface area contributed by atoms with Crippen LogP contribution in [0.15, 0.2) is 12.7 Å². The van der Waals surface area contributed by atoms with Gasteiger partial charge in [-0.25, -0.2) is 0 Å². The molecule has 0 aliphatic rings. The molecule has 0 fully saturated rings. The fourth-order valence-electron chi connectivity index (χ4n) is 1.54. The predicted octanol–water partition coefficient (Wildman–Crippen LogP) is 4.05. The van der Waals surface area contributed by atoms with Gasteiger partial charge in [0.05, 0.1) is 0 Å². The molecule has 1 nitrogen and oxygen atoms in total. The highest BCUT2D eigenvalue weighted by Crippen LogP contribution is 2.23. The van der Waals surface area contributed by atoms with E-state index in [0.29, 0.717) is 0 Å². The van der Waals surface area contributed by atoms with Crippen molar-refractivity contribution in [2.45, 2.75) is 57.7 Å². The van der Waals surface area contributed by atoms with Crippen LogP contribution in [0, 0.1) is 0 Å². The molecule has 0 bridgehead atoms. The van der Waals surface area contributed by atoms with E-state index in [1.165, 1.54) is 0 Å². The van der Waals surface area contributed by atoms with Crippen molar-refractivity contribution in [2.75, 3.05) is 6.54 Å². The average molecular weight is 237 g/mol. The first-order valence-corrected chi connectivity index (χ1v) is 5.90. The van der Waals surface area contributed by atoms with Gasteiger partial charge < -0.3 is 5.32 Å². The number of hydrogen-bond donors (Lipinski definition) is 1. The van der Waals surface area contributed by atoms with Crippen molar-refractivity contribution >= 4 is 0 Å². The van der Waals surface area contributed by atoms with Crippen LogP contribution in [-0.4, -0.2) is 18.8 Å². The van der Waals surface area contributed by atoms with E-state index in [0.717, 1.165) is 32.2 Å². The van der Waals surface area contributed by atoms with Crippen LogP contribution in [0.5, 0.6) is 0 Å². The van der Waals surface area contributed by atoms with E-state index in [9.17, 15) is 13.2 Å². The second kappa shape index (κ2) is 8.62. The first-order valence-electron chi connectivity index (χ1n) is 5.90. The van der Waals surface area contributed by atoms with E-state index < -0.39 is 12.6 Å². The number of allylic oxidation sites excluding steroid dienone is 1. The summed E-state index contributed by atoms with van der Waals surface area (Å²) in [6, 6.07) is -0.0125. The minimum absolute atomic E-state index is 0.0125. The van der Waals surface area contributed by atoms with E-state index in [2.05, 4.69) is 11.9 Å². The van der Waals surface area contributed by atoms with Gasteiger partial charge >= 0.3 is 6.18 Å². The molecule has 0 aromatic rings. The van der Waals surface area contributed by atoms with Gasteiger partial charge in [-0.1, -0.05) is 13.0 Å². The SMILES string of the molecule is C=CCCCC(CCC(F)(F)F)NCCC. The second-order valence-electron chi connectivity index (χ2n) is 4.02. The molecular formula is C12H22F3N. The molecule has 0 amide bonds. The third-order valence-electron chi connectivity index (χ3n) is 2.42. The third kappa shape index (κ3) is 10.0. The van der Waals surface area contributed by atoms with E-state index >= 15 is 0 Å². The molecule has 1 atom stereocenters. The number of nitrogens with one attached hydrogen (secondary N) is 1. The first kappa shape index (κ1) is 15.5. The smallest absolute Gasteiger partial charge is 0.314 e. The highest BCUT2D eigenvalue weighted by Gasteiger charge is 2.27. The van der Waals surface area contributed by atoms with Crippen molar-refractivity contribution in [3.63, 3.8) is 0 Å². The molecule has 0 heterocycles. The van der Waals surface area contributed by atoms with Crippen LogP contribution >= 0.6 is 0 Å². The van der Waals surface area contributed by atoms with E-state index in [4.69, 9.17) is 0 Å². The van der Waals surface area contributed by atoms with Gasteiger partial charge in [0.1, 0.15) is 0 Å². The minimum Gasteiger partial charge on any atom is -0.314 e. The van der Waals surface area contributed by atoms with Crippen LogP contribution in [-0.2, 0) is 0 Å². The van der Waals surface area contributed by atoms with Gasteiger partial charge in [-0.2, -0.15) is 13.2 Å². The lowest BCUT2D eigenvalue weighted by molar-refractivity contribution is -0.136. The van der Waals surface area contributed by atoms with Crippen LogP contribution < -0.4 is 5.32 Å². The monoisotopic (exact) mass is 237 g/mol. The van der Waals surface area contributed by atoms with Crippen LogP contribution in [0.4, 0.5) is 13.2 Å². The molecule has 0 saturated heterocycles. The Labute approximate surface area is 96.1 Å². The second-order valence-corrected chi connectivity index (χ2v) is 4.02. The van der Waals surface area contributed by atoms with Gasteiger partial charge in [-0.05, 0) is 38.6 Å². The quantitative estimate of drug-likeness (QED) is 0.471. The van der Waals surface area contributed by atoms with Crippen molar-refractivity contribution in [1.82, 2.24) is 5.32 Å². The predicted molar refractivity (Wildman–Crippen MR) is 61.4 cm³/mol. The van der Waals surface area contributed by atoms with Crippen molar-refractivity contribution in [3.8, 4) is 0 Å². The summed E-state index contributed by atoms with van der Waals surface area (Å²) in [5.74, 6) is 0. The highest BCUT2D eigenvalue weighted by atomic mass is 19.4. The van der Waals surface area contributed by atoms with E-state index in [-0.39, 0.29) is 12.5 Å². The van der Waals surface area contributed by atoms with E-state index in [1.54, 1.807) is 6.08 Å². The molecule has 0 aromatic carbocycles.